The Morgan fingerprint density at radius 1 is 0.962 bits per heavy atom. The van der Waals surface area contributed by atoms with Gasteiger partial charge in [-0.15, -0.1) is 10.2 Å². The van der Waals surface area contributed by atoms with Crippen LogP contribution in [0.15, 0.2) is 54.6 Å². The number of nitrogen functional groups attached to an aromatic ring is 1. The van der Waals surface area contributed by atoms with E-state index in [-0.39, 0.29) is 5.82 Å². The van der Waals surface area contributed by atoms with Gasteiger partial charge in [0.05, 0.1) is 5.69 Å². The van der Waals surface area contributed by atoms with Crippen molar-refractivity contribution in [3.8, 4) is 11.3 Å². The molecule has 0 aliphatic carbocycles. The Bertz CT molecular complexity index is 908. The van der Waals surface area contributed by atoms with Gasteiger partial charge in [-0.1, -0.05) is 6.07 Å². The van der Waals surface area contributed by atoms with Crippen LogP contribution in [0.2, 0.25) is 0 Å². The molecular formula is C20H20FN5. The predicted octanol–water partition coefficient (Wildman–Crippen LogP) is 3.45. The van der Waals surface area contributed by atoms with Crippen molar-refractivity contribution >= 4 is 17.2 Å². The number of aromatic nitrogens is 2. The lowest BCUT2D eigenvalue weighted by atomic mass is 10.0. The van der Waals surface area contributed by atoms with Crippen molar-refractivity contribution in [3.05, 3.63) is 66.0 Å². The molecule has 6 heteroatoms. The van der Waals surface area contributed by atoms with Crippen molar-refractivity contribution in [1.82, 2.24) is 15.1 Å². The van der Waals surface area contributed by atoms with Crippen molar-refractivity contribution in [2.24, 2.45) is 0 Å². The van der Waals surface area contributed by atoms with Gasteiger partial charge in [-0.3, -0.25) is 0 Å². The van der Waals surface area contributed by atoms with Crippen LogP contribution in [0.3, 0.4) is 0 Å². The van der Waals surface area contributed by atoms with Gasteiger partial charge in [0, 0.05) is 36.6 Å². The number of benzene rings is 2. The van der Waals surface area contributed by atoms with Crippen molar-refractivity contribution in [2.45, 2.75) is 6.54 Å². The molecule has 0 spiro atoms. The number of nitrogens with two attached hydrogens (primary N) is 1. The van der Waals surface area contributed by atoms with E-state index >= 15 is 0 Å². The summed E-state index contributed by atoms with van der Waals surface area (Å²) in [5, 5.41) is 8.13. The summed E-state index contributed by atoms with van der Waals surface area (Å²) in [5.41, 5.74) is 10.8. The third-order valence-corrected chi connectivity index (χ3v) is 4.64. The summed E-state index contributed by atoms with van der Waals surface area (Å²) in [4.78, 5) is 4.51. The quantitative estimate of drug-likeness (QED) is 0.768. The highest BCUT2D eigenvalue weighted by atomic mass is 19.1. The lowest BCUT2D eigenvalue weighted by molar-refractivity contribution is 0.343. The first kappa shape index (κ1) is 16.5. The molecule has 3 aromatic rings. The zero-order chi connectivity index (χ0) is 18.1. The molecule has 0 saturated heterocycles. The summed E-state index contributed by atoms with van der Waals surface area (Å²) in [6.07, 6.45) is 0. The molecule has 1 aliphatic rings. The number of anilines is 3. The highest BCUT2D eigenvalue weighted by Gasteiger charge is 2.20. The van der Waals surface area contributed by atoms with E-state index in [0.717, 1.165) is 42.3 Å². The maximum Gasteiger partial charge on any atom is 0.146 e. The summed E-state index contributed by atoms with van der Waals surface area (Å²) in [5.74, 6) is 0.184. The molecule has 2 aromatic carbocycles. The summed E-state index contributed by atoms with van der Waals surface area (Å²) in [7, 11) is 2.10. The normalized spacial score (nSPS) is 14.8. The lowest BCUT2D eigenvalue weighted by Gasteiger charge is -2.25. The van der Waals surface area contributed by atoms with Gasteiger partial charge in [-0.25, -0.2) is 4.39 Å². The van der Waals surface area contributed by atoms with E-state index in [1.807, 2.05) is 24.3 Å². The largest absolute Gasteiger partial charge is 0.382 e. The number of hydrogen-bond donors (Lipinski definition) is 1. The van der Waals surface area contributed by atoms with Gasteiger partial charge in [-0.05, 0) is 61.1 Å². The van der Waals surface area contributed by atoms with Gasteiger partial charge >= 0.3 is 0 Å². The number of halogens is 1. The zero-order valence-corrected chi connectivity index (χ0v) is 14.6. The summed E-state index contributed by atoms with van der Waals surface area (Å²) in [6, 6.07) is 16.6. The van der Waals surface area contributed by atoms with Crippen molar-refractivity contribution < 1.29 is 4.39 Å². The van der Waals surface area contributed by atoms with Crippen LogP contribution in [0.25, 0.3) is 11.3 Å². The maximum atomic E-state index is 13.3. The highest BCUT2D eigenvalue weighted by molar-refractivity contribution is 5.72. The van der Waals surface area contributed by atoms with Crippen LogP contribution in [0.5, 0.6) is 0 Å². The van der Waals surface area contributed by atoms with Gasteiger partial charge < -0.3 is 15.5 Å². The Labute approximate surface area is 151 Å². The fourth-order valence-corrected chi connectivity index (χ4v) is 3.28. The Hall–Kier alpha value is -2.99. The van der Waals surface area contributed by atoms with E-state index in [2.05, 4.69) is 39.2 Å². The second kappa shape index (κ2) is 6.72. The van der Waals surface area contributed by atoms with Crippen molar-refractivity contribution in [2.75, 3.05) is 30.8 Å². The van der Waals surface area contributed by atoms with Crippen LogP contribution in [0, 0.1) is 5.82 Å². The van der Waals surface area contributed by atoms with Crippen molar-refractivity contribution in [1.29, 1.82) is 0 Å². The van der Waals surface area contributed by atoms with Gasteiger partial charge in [0.2, 0.25) is 0 Å². The number of likely N-dealkylation sites (N-methyl/N-ethyl adjacent to an activating group) is 1. The van der Waals surface area contributed by atoms with E-state index in [9.17, 15) is 4.39 Å². The predicted molar refractivity (Wildman–Crippen MR) is 102 cm³/mol. The number of nitrogens with zero attached hydrogens (tertiary/aromatic N) is 4. The number of fused-ring (bicyclic) bond motifs is 1. The monoisotopic (exact) mass is 349 g/mol. The van der Waals surface area contributed by atoms with Gasteiger partial charge in [0.25, 0.3) is 0 Å². The first-order valence-corrected chi connectivity index (χ1v) is 8.54. The molecule has 0 unspecified atom stereocenters. The Morgan fingerprint density at radius 2 is 1.77 bits per heavy atom. The van der Waals surface area contributed by atoms with Crippen LogP contribution in [0.4, 0.5) is 21.6 Å². The summed E-state index contributed by atoms with van der Waals surface area (Å²) >= 11 is 0. The zero-order valence-electron chi connectivity index (χ0n) is 14.6. The molecule has 0 amide bonds. The SMILES string of the molecule is CN1CCN(c2ccc(F)cc2)c2ccc(-c3ccc(N)nn3)cc2C1. The molecule has 1 aromatic heterocycles. The first-order valence-electron chi connectivity index (χ1n) is 8.54. The van der Waals surface area contributed by atoms with Crippen LogP contribution in [0.1, 0.15) is 5.56 Å². The fourth-order valence-electron chi connectivity index (χ4n) is 3.28. The van der Waals surface area contributed by atoms with Gasteiger partial charge in [0.1, 0.15) is 11.6 Å². The minimum Gasteiger partial charge on any atom is -0.382 e. The third-order valence-electron chi connectivity index (χ3n) is 4.64. The second-order valence-corrected chi connectivity index (χ2v) is 6.55. The third kappa shape index (κ3) is 3.23. The van der Waals surface area contributed by atoms with E-state index in [0.29, 0.717) is 5.82 Å². The van der Waals surface area contributed by atoms with Gasteiger partial charge in [0.15, 0.2) is 0 Å². The van der Waals surface area contributed by atoms with E-state index in [4.69, 9.17) is 5.73 Å². The molecule has 0 saturated carbocycles. The number of rotatable bonds is 2. The minimum atomic E-state index is -0.224. The molecule has 0 atom stereocenters. The Balaban J connectivity index is 1.76. The van der Waals surface area contributed by atoms with E-state index in [1.54, 1.807) is 6.07 Å². The fraction of sp³-hybridized carbons (Fsp3) is 0.200. The molecule has 2 N–H and O–H groups in total. The average Bonchev–Trinajstić information content (AvgIpc) is 2.81. The summed E-state index contributed by atoms with van der Waals surface area (Å²) < 4.78 is 13.3. The maximum absolute atomic E-state index is 13.3. The second-order valence-electron chi connectivity index (χ2n) is 6.55. The topological polar surface area (TPSA) is 58.3 Å². The molecule has 0 bridgehead atoms. The van der Waals surface area contributed by atoms with E-state index < -0.39 is 0 Å². The van der Waals surface area contributed by atoms with Crippen LogP contribution in [-0.4, -0.2) is 35.2 Å². The standard InChI is InChI=1S/C20H20FN5/c1-25-10-11-26(17-5-3-16(21)4-6-17)19-8-2-14(12-15(19)13-25)18-7-9-20(22)24-23-18/h2-9,12H,10-11,13H2,1H3,(H2,22,24). The molecule has 26 heavy (non-hydrogen) atoms. The number of hydrogen-bond acceptors (Lipinski definition) is 5. The molecular weight excluding hydrogens is 329 g/mol. The molecule has 0 radical (unpaired) electrons. The van der Waals surface area contributed by atoms with Crippen LogP contribution >= 0.6 is 0 Å². The summed E-state index contributed by atoms with van der Waals surface area (Å²) in [6.45, 7) is 2.60. The minimum absolute atomic E-state index is 0.224. The smallest absolute Gasteiger partial charge is 0.146 e. The van der Waals surface area contributed by atoms with Crippen LogP contribution < -0.4 is 10.6 Å². The Kier molecular flexibility index (Phi) is 4.26. The van der Waals surface area contributed by atoms with Crippen LogP contribution in [-0.2, 0) is 6.54 Å². The molecule has 1 aliphatic heterocycles. The molecule has 5 nitrogen and oxygen atoms in total. The molecule has 0 fully saturated rings. The van der Waals surface area contributed by atoms with Gasteiger partial charge in [-0.2, -0.15) is 0 Å². The molecule has 2 heterocycles. The Morgan fingerprint density at radius 3 is 2.50 bits per heavy atom. The highest BCUT2D eigenvalue weighted by Crippen LogP contribution is 2.34. The molecule has 132 valence electrons. The lowest BCUT2D eigenvalue weighted by Crippen LogP contribution is -2.26. The van der Waals surface area contributed by atoms with E-state index in [1.165, 1.54) is 17.7 Å². The van der Waals surface area contributed by atoms with Crippen molar-refractivity contribution in [3.63, 3.8) is 0 Å². The molecule has 4 rings (SSSR count). The average molecular weight is 349 g/mol. The first-order chi connectivity index (χ1) is 12.6.